The Morgan fingerprint density at radius 2 is 1.70 bits per heavy atom. The molecule has 30 heavy (non-hydrogen) atoms. The van der Waals surface area contributed by atoms with Gasteiger partial charge in [0.25, 0.3) is 5.56 Å². The van der Waals surface area contributed by atoms with Gasteiger partial charge in [0.2, 0.25) is 0 Å². The van der Waals surface area contributed by atoms with Gasteiger partial charge in [-0.15, -0.1) is 0 Å². The van der Waals surface area contributed by atoms with Crippen molar-refractivity contribution in [2.45, 2.75) is 13.8 Å². The van der Waals surface area contributed by atoms with Crippen molar-refractivity contribution >= 4 is 27.6 Å². The molecule has 3 aromatic heterocycles. The first-order valence-electron chi connectivity index (χ1n) is 9.17. The van der Waals surface area contributed by atoms with Crippen LogP contribution in [-0.4, -0.2) is 29.4 Å². The fourth-order valence-electron chi connectivity index (χ4n) is 3.66. The van der Waals surface area contributed by atoms with Gasteiger partial charge in [-0.1, -0.05) is 17.7 Å². The van der Waals surface area contributed by atoms with E-state index >= 15 is 0 Å². The topological polar surface area (TPSA) is 116 Å². The van der Waals surface area contributed by atoms with E-state index in [0.29, 0.717) is 16.7 Å². The number of nitrogens with zero attached hydrogens (tertiary/aromatic N) is 5. The molecule has 0 bridgehead atoms. The molecule has 146 valence electrons. The third-order valence-electron chi connectivity index (χ3n) is 5.19. The highest BCUT2D eigenvalue weighted by atomic mass is 16.3. The van der Waals surface area contributed by atoms with E-state index in [1.807, 2.05) is 38.1 Å². The largest absolute Gasteiger partial charge is 0.504 e. The molecule has 2 aromatic carbocycles. The van der Waals surface area contributed by atoms with Gasteiger partial charge in [-0.2, -0.15) is 10.4 Å². The molecule has 0 saturated heterocycles. The number of benzene rings is 2. The molecule has 0 aliphatic carbocycles. The van der Waals surface area contributed by atoms with Gasteiger partial charge in [0, 0.05) is 11.5 Å². The maximum atomic E-state index is 13.5. The van der Waals surface area contributed by atoms with Crippen LogP contribution in [0.2, 0.25) is 0 Å². The van der Waals surface area contributed by atoms with Crippen LogP contribution >= 0.6 is 0 Å². The molecule has 0 saturated carbocycles. The zero-order chi connectivity index (χ0) is 21.2. The predicted molar refractivity (Wildman–Crippen MR) is 111 cm³/mol. The first-order chi connectivity index (χ1) is 14.4. The third kappa shape index (κ3) is 2.36. The quantitative estimate of drug-likeness (QED) is 0.332. The lowest BCUT2D eigenvalue weighted by molar-refractivity contribution is 0.404. The van der Waals surface area contributed by atoms with Crippen LogP contribution in [0, 0.1) is 25.2 Å². The molecule has 8 nitrogen and oxygen atoms in total. The van der Waals surface area contributed by atoms with E-state index in [-0.39, 0.29) is 27.9 Å². The summed E-state index contributed by atoms with van der Waals surface area (Å²) in [6.07, 6.45) is 0. The molecule has 0 amide bonds. The minimum atomic E-state index is -0.472. The number of fused-ring (bicyclic) bond motifs is 4. The van der Waals surface area contributed by atoms with E-state index in [1.54, 1.807) is 10.7 Å². The molecule has 0 atom stereocenters. The fourth-order valence-corrected chi connectivity index (χ4v) is 3.66. The van der Waals surface area contributed by atoms with Crippen LogP contribution in [-0.2, 0) is 0 Å². The molecular formula is C22H15N5O3. The van der Waals surface area contributed by atoms with E-state index < -0.39 is 11.3 Å². The monoisotopic (exact) mass is 397 g/mol. The number of rotatable bonds is 1. The van der Waals surface area contributed by atoms with E-state index in [1.165, 1.54) is 16.5 Å². The summed E-state index contributed by atoms with van der Waals surface area (Å²) in [7, 11) is 0. The van der Waals surface area contributed by atoms with Crippen LogP contribution in [0.25, 0.3) is 33.3 Å². The number of phenolic OH excluding ortho intramolecular Hbond substituents is 2. The van der Waals surface area contributed by atoms with Crippen molar-refractivity contribution in [1.82, 2.24) is 19.2 Å². The lowest BCUT2D eigenvalue weighted by atomic mass is 10.1. The normalized spacial score (nSPS) is 11.4. The highest BCUT2D eigenvalue weighted by Crippen LogP contribution is 2.30. The first kappa shape index (κ1) is 17.7. The van der Waals surface area contributed by atoms with Gasteiger partial charge in [0.05, 0.1) is 27.8 Å². The van der Waals surface area contributed by atoms with Crippen molar-refractivity contribution in [3.63, 3.8) is 0 Å². The third-order valence-corrected chi connectivity index (χ3v) is 5.19. The van der Waals surface area contributed by atoms with Crippen molar-refractivity contribution in [3.8, 4) is 23.3 Å². The Kier molecular flexibility index (Phi) is 3.57. The summed E-state index contributed by atoms with van der Waals surface area (Å²) >= 11 is 0. The van der Waals surface area contributed by atoms with Gasteiger partial charge in [0.1, 0.15) is 6.07 Å². The van der Waals surface area contributed by atoms with E-state index in [9.17, 15) is 20.3 Å². The second kappa shape index (κ2) is 6.06. The van der Waals surface area contributed by atoms with Crippen LogP contribution in [0.5, 0.6) is 11.5 Å². The van der Waals surface area contributed by atoms with Crippen LogP contribution < -0.4 is 5.56 Å². The minimum Gasteiger partial charge on any atom is -0.504 e. The smallest absolute Gasteiger partial charge is 0.267 e. The van der Waals surface area contributed by atoms with Gasteiger partial charge in [-0.3, -0.25) is 4.79 Å². The number of hydrogen-bond acceptors (Lipinski definition) is 6. The molecule has 0 aliphatic rings. The van der Waals surface area contributed by atoms with E-state index in [0.717, 1.165) is 11.3 Å². The molecule has 0 fully saturated rings. The molecule has 3 heterocycles. The van der Waals surface area contributed by atoms with Crippen molar-refractivity contribution in [2.24, 2.45) is 0 Å². The van der Waals surface area contributed by atoms with Crippen LogP contribution in [0.4, 0.5) is 0 Å². The summed E-state index contributed by atoms with van der Waals surface area (Å²) in [5, 5.41) is 34.8. The van der Waals surface area contributed by atoms with E-state index in [4.69, 9.17) is 0 Å². The van der Waals surface area contributed by atoms with Crippen molar-refractivity contribution in [2.75, 3.05) is 0 Å². The lowest BCUT2D eigenvalue weighted by Crippen LogP contribution is -2.19. The van der Waals surface area contributed by atoms with Crippen LogP contribution in [0.15, 0.2) is 47.3 Å². The Balaban J connectivity index is 2.05. The highest BCUT2D eigenvalue weighted by molar-refractivity contribution is 5.90. The Morgan fingerprint density at radius 3 is 2.40 bits per heavy atom. The summed E-state index contributed by atoms with van der Waals surface area (Å²) in [4.78, 5) is 17.9. The molecule has 0 aliphatic heterocycles. The standard InChI is InChI=1S/C22H15N5O3/c1-11-3-5-14(6-4-11)27-21-15(12(2)25-27)7-13(10-23)20-24-17-9-19(29)18(28)8-16(17)22(30)26(20)21/h3-9,28-29H,1-2H3. The van der Waals surface area contributed by atoms with Gasteiger partial charge in [-0.25, -0.2) is 14.1 Å². The number of aromatic hydroxyl groups is 2. The molecule has 8 heteroatoms. The molecule has 5 rings (SSSR count). The van der Waals surface area contributed by atoms with Gasteiger partial charge < -0.3 is 10.2 Å². The summed E-state index contributed by atoms with van der Waals surface area (Å²) in [6.45, 7) is 3.79. The molecule has 5 aromatic rings. The maximum absolute atomic E-state index is 13.5. The Hall–Kier alpha value is -4.38. The van der Waals surface area contributed by atoms with Crippen molar-refractivity contribution < 1.29 is 10.2 Å². The molecular weight excluding hydrogens is 382 g/mol. The average molecular weight is 397 g/mol. The number of phenols is 2. The number of nitriles is 1. The number of aromatic nitrogens is 4. The summed E-state index contributed by atoms with van der Waals surface area (Å²) in [6, 6.07) is 13.8. The fraction of sp³-hybridized carbons (Fsp3) is 0.0909. The zero-order valence-corrected chi connectivity index (χ0v) is 16.1. The molecule has 0 unspecified atom stereocenters. The average Bonchev–Trinajstić information content (AvgIpc) is 3.05. The summed E-state index contributed by atoms with van der Waals surface area (Å²) in [5.41, 5.74) is 3.04. The van der Waals surface area contributed by atoms with Gasteiger partial charge in [0.15, 0.2) is 22.8 Å². The maximum Gasteiger partial charge on any atom is 0.267 e. The first-order valence-corrected chi connectivity index (χ1v) is 9.17. The van der Waals surface area contributed by atoms with Gasteiger partial charge >= 0.3 is 0 Å². The predicted octanol–water partition coefficient (Wildman–Crippen LogP) is 3.09. The van der Waals surface area contributed by atoms with Crippen LogP contribution in [0.3, 0.4) is 0 Å². The number of hydrogen-bond donors (Lipinski definition) is 2. The molecule has 0 spiro atoms. The summed E-state index contributed by atoms with van der Waals surface area (Å²) in [5.74, 6) is -0.809. The second-order valence-corrected chi connectivity index (χ2v) is 7.17. The van der Waals surface area contributed by atoms with Crippen molar-refractivity contribution in [3.05, 3.63) is 69.6 Å². The lowest BCUT2D eigenvalue weighted by Gasteiger charge is -2.10. The SMILES string of the molecule is Cc1ccc(-n2nc(C)c3cc(C#N)c4nc5cc(O)c(O)cc5c(=O)n4c32)cc1. The highest BCUT2D eigenvalue weighted by Gasteiger charge is 2.20. The number of pyridine rings is 1. The Morgan fingerprint density at radius 1 is 1.00 bits per heavy atom. The van der Waals surface area contributed by atoms with Crippen molar-refractivity contribution in [1.29, 1.82) is 5.26 Å². The number of aryl methyl sites for hydroxylation is 2. The Labute approximate surface area is 169 Å². The minimum absolute atomic E-state index is 0.119. The van der Waals surface area contributed by atoms with Gasteiger partial charge in [-0.05, 0) is 38.1 Å². The molecule has 2 N–H and O–H groups in total. The zero-order valence-electron chi connectivity index (χ0n) is 16.1. The van der Waals surface area contributed by atoms with E-state index in [2.05, 4.69) is 16.2 Å². The second-order valence-electron chi connectivity index (χ2n) is 7.17. The summed E-state index contributed by atoms with van der Waals surface area (Å²) < 4.78 is 2.99. The molecule has 0 radical (unpaired) electrons. The Bertz CT molecular complexity index is 1610. The van der Waals surface area contributed by atoms with Crippen LogP contribution in [0.1, 0.15) is 16.8 Å².